The van der Waals surface area contributed by atoms with Gasteiger partial charge in [0.1, 0.15) is 5.82 Å². The number of carbonyl (C=O) groups is 1. The third-order valence-corrected chi connectivity index (χ3v) is 5.30. The van der Waals surface area contributed by atoms with Crippen LogP contribution in [0.2, 0.25) is 0 Å². The van der Waals surface area contributed by atoms with Crippen LogP contribution in [0.5, 0.6) is 0 Å². The highest BCUT2D eigenvalue weighted by Crippen LogP contribution is 2.32. The average Bonchev–Trinajstić information content (AvgIpc) is 2.99. The predicted octanol–water partition coefficient (Wildman–Crippen LogP) is 4.43. The minimum atomic E-state index is -0.247. The Morgan fingerprint density at radius 2 is 1.96 bits per heavy atom. The van der Waals surface area contributed by atoms with Crippen LogP contribution in [0.3, 0.4) is 0 Å². The van der Waals surface area contributed by atoms with E-state index in [1.165, 1.54) is 11.6 Å². The standard InChI is InChI=1S/C22H23FN2O/c1-2-22(26)25-20-9-8-17(23)14-18(20)19-15-24(13-11-21(19)25)12-10-16-6-4-3-5-7-16/h3-9,14H,2,10-13,15H2,1H3. The molecule has 134 valence electrons. The molecule has 0 fully saturated rings. The second-order valence-corrected chi connectivity index (χ2v) is 6.93. The fourth-order valence-corrected chi connectivity index (χ4v) is 3.95. The quantitative estimate of drug-likeness (QED) is 0.695. The highest BCUT2D eigenvalue weighted by atomic mass is 19.1. The highest BCUT2D eigenvalue weighted by molar-refractivity contribution is 5.96. The Morgan fingerprint density at radius 3 is 2.73 bits per heavy atom. The first-order valence-electron chi connectivity index (χ1n) is 9.28. The molecule has 0 N–H and O–H groups in total. The molecule has 2 aromatic carbocycles. The molecule has 1 aromatic heterocycles. The summed E-state index contributed by atoms with van der Waals surface area (Å²) >= 11 is 0. The number of rotatable bonds is 4. The van der Waals surface area contributed by atoms with Gasteiger partial charge in [0.25, 0.3) is 0 Å². The van der Waals surface area contributed by atoms with E-state index < -0.39 is 0 Å². The SMILES string of the molecule is CCC(=O)n1c2c(c3cc(F)ccc31)CN(CCc1ccccc1)CC2. The summed E-state index contributed by atoms with van der Waals surface area (Å²) in [7, 11) is 0. The Bertz CT molecular complexity index is 946. The third-order valence-electron chi connectivity index (χ3n) is 5.30. The van der Waals surface area contributed by atoms with E-state index in [1.54, 1.807) is 12.1 Å². The van der Waals surface area contributed by atoms with Crippen molar-refractivity contribution in [1.82, 2.24) is 9.47 Å². The third kappa shape index (κ3) is 3.06. The molecule has 3 aromatic rings. The summed E-state index contributed by atoms with van der Waals surface area (Å²) in [5.41, 5.74) is 4.34. The van der Waals surface area contributed by atoms with E-state index in [2.05, 4.69) is 29.2 Å². The van der Waals surface area contributed by atoms with Gasteiger partial charge in [-0.05, 0) is 35.7 Å². The highest BCUT2D eigenvalue weighted by Gasteiger charge is 2.26. The summed E-state index contributed by atoms with van der Waals surface area (Å²) in [4.78, 5) is 14.9. The lowest BCUT2D eigenvalue weighted by Gasteiger charge is -2.28. The monoisotopic (exact) mass is 350 g/mol. The van der Waals surface area contributed by atoms with Gasteiger partial charge in [0.2, 0.25) is 5.91 Å². The van der Waals surface area contributed by atoms with Gasteiger partial charge >= 0.3 is 0 Å². The minimum Gasteiger partial charge on any atom is -0.298 e. The van der Waals surface area contributed by atoms with Gasteiger partial charge < -0.3 is 0 Å². The molecule has 4 heteroatoms. The Hall–Kier alpha value is -2.46. The van der Waals surface area contributed by atoms with E-state index in [-0.39, 0.29) is 11.7 Å². The smallest absolute Gasteiger partial charge is 0.231 e. The summed E-state index contributed by atoms with van der Waals surface area (Å²) in [6, 6.07) is 15.2. The van der Waals surface area contributed by atoms with Crippen LogP contribution in [0, 0.1) is 5.82 Å². The van der Waals surface area contributed by atoms with E-state index in [0.29, 0.717) is 6.42 Å². The van der Waals surface area contributed by atoms with Gasteiger partial charge in [0, 0.05) is 43.6 Å². The Balaban J connectivity index is 1.65. The second-order valence-electron chi connectivity index (χ2n) is 6.93. The largest absolute Gasteiger partial charge is 0.298 e. The zero-order valence-corrected chi connectivity index (χ0v) is 15.0. The summed E-state index contributed by atoms with van der Waals surface area (Å²) in [6.45, 7) is 4.54. The minimum absolute atomic E-state index is 0.0839. The van der Waals surface area contributed by atoms with Crippen LogP contribution in [0.25, 0.3) is 10.9 Å². The molecule has 1 aliphatic rings. The van der Waals surface area contributed by atoms with Crippen LogP contribution in [0.15, 0.2) is 48.5 Å². The van der Waals surface area contributed by atoms with E-state index in [4.69, 9.17) is 0 Å². The van der Waals surface area contributed by atoms with Gasteiger partial charge in [-0.1, -0.05) is 37.3 Å². The Labute approximate surface area is 153 Å². The topological polar surface area (TPSA) is 25.2 Å². The Kier molecular flexibility index (Phi) is 4.60. The maximum Gasteiger partial charge on any atom is 0.231 e. The van der Waals surface area contributed by atoms with Crippen molar-refractivity contribution in [3.8, 4) is 0 Å². The molecule has 0 aliphatic carbocycles. The van der Waals surface area contributed by atoms with E-state index in [9.17, 15) is 9.18 Å². The van der Waals surface area contributed by atoms with E-state index in [0.717, 1.165) is 54.6 Å². The summed E-state index contributed by atoms with van der Waals surface area (Å²) in [5.74, 6) is -0.164. The van der Waals surface area contributed by atoms with Crippen molar-refractivity contribution >= 4 is 16.8 Å². The lowest BCUT2D eigenvalue weighted by atomic mass is 10.0. The summed E-state index contributed by atoms with van der Waals surface area (Å²) < 4.78 is 15.7. The number of halogens is 1. The second kappa shape index (κ2) is 7.04. The lowest BCUT2D eigenvalue weighted by Crippen LogP contribution is -2.33. The van der Waals surface area contributed by atoms with Crippen molar-refractivity contribution < 1.29 is 9.18 Å². The number of aromatic nitrogens is 1. The molecule has 4 rings (SSSR count). The number of carbonyl (C=O) groups excluding carboxylic acids is 1. The normalized spacial score (nSPS) is 14.5. The average molecular weight is 350 g/mol. The molecule has 0 saturated carbocycles. The molecule has 0 spiro atoms. The Morgan fingerprint density at radius 1 is 1.15 bits per heavy atom. The summed E-state index contributed by atoms with van der Waals surface area (Å²) in [5, 5.41) is 0.881. The number of fused-ring (bicyclic) bond motifs is 3. The van der Waals surface area contributed by atoms with Crippen LogP contribution in [-0.2, 0) is 19.4 Å². The first-order chi connectivity index (χ1) is 12.7. The van der Waals surface area contributed by atoms with Crippen LogP contribution >= 0.6 is 0 Å². The molecule has 0 saturated heterocycles. The van der Waals surface area contributed by atoms with Crippen molar-refractivity contribution in [1.29, 1.82) is 0 Å². The van der Waals surface area contributed by atoms with Crippen LogP contribution in [0.4, 0.5) is 4.39 Å². The number of benzene rings is 2. The van der Waals surface area contributed by atoms with Crippen LogP contribution < -0.4 is 0 Å². The first-order valence-corrected chi connectivity index (χ1v) is 9.28. The predicted molar refractivity (Wildman–Crippen MR) is 102 cm³/mol. The van der Waals surface area contributed by atoms with Gasteiger partial charge in [-0.3, -0.25) is 14.3 Å². The zero-order chi connectivity index (χ0) is 18.1. The van der Waals surface area contributed by atoms with Gasteiger partial charge in [-0.2, -0.15) is 0 Å². The molecule has 0 amide bonds. The molecular weight excluding hydrogens is 327 g/mol. The van der Waals surface area contributed by atoms with E-state index >= 15 is 0 Å². The van der Waals surface area contributed by atoms with Gasteiger partial charge in [0.15, 0.2) is 0 Å². The molecule has 26 heavy (non-hydrogen) atoms. The molecule has 0 bridgehead atoms. The molecular formula is C22H23FN2O. The number of nitrogens with zero attached hydrogens (tertiary/aromatic N) is 2. The van der Waals surface area contributed by atoms with Crippen molar-refractivity contribution in [2.24, 2.45) is 0 Å². The molecule has 0 atom stereocenters. The van der Waals surface area contributed by atoms with Crippen molar-refractivity contribution in [2.45, 2.75) is 32.7 Å². The fraction of sp³-hybridized carbons (Fsp3) is 0.318. The van der Waals surface area contributed by atoms with Gasteiger partial charge in [-0.15, -0.1) is 0 Å². The molecule has 3 nitrogen and oxygen atoms in total. The van der Waals surface area contributed by atoms with E-state index in [1.807, 2.05) is 17.6 Å². The maximum absolute atomic E-state index is 13.9. The van der Waals surface area contributed by atoms with Gasteiger partial charge in [-0.25, -0.2) is 4.39 Å². The van der Waals surface area contributed by atoms with Crippen LogP contribution in [0.1, 0.15) is 35.0 Å². The van der Waals surface area contributed by atoms with Gasteiger partial charge in [0.05, 0.1) is 5.52 Å². The van der Waals surface area contributed by atoms with Crippen molar-refractivity contribution in [2.75, 3.05) is 13.1 Å². The fourth-order valence-electron chi connectivity index (χ4n) is 3.95. The summed E-state index contributed by atoms with van der Waals surface area (Å²) in [6.07, 6.45) is 2.27. The van der Waals surface area contributed by atoms with Crippen molar-refractivity contribution in [3.05, 3.63) is 71.2 Å². The first kappa shape index (κ1) is 17.0. The van der Waals surface area contributed by atoms with Crippen molar-refractivity contribution in [3.63, 3.8) is 0 Å². The number of hydrogen-bond acceptors (Lipinski definition) is 2. The molecule has 0 unspecified atom stereocenters. The van der Waals surface area contributed by atoms with Crippen LogP contribution in [-0.4, -0.2) is 28.5 Å². The lowest BCUT2D eigenvalue weighted by molar-refractivity contribution is 0.0908. The number of hydrogen-bond donors (Lipinski definition) is 0. The molecule has 1 aliphatic heterocycles. The molecule has 2 heterocycles. The molecule has 0 radical (unpaired) electrons. The maximum atomic E-state index is 13.9. The zero-order valence-electron chi connectivity index (χ0n) is 15.0.